The van der Waals surface area contributed by atoms with Crippen LogP contribution < -0.4 is 5.32 Å². The number of anilines is 1. The molecule has 0 heterocycles. The number of nitrogens with zero attached hydrogens (tertiary/aromatic N) is 2. The van der Waals surface area contributed by atoms with Gasteiger partial charge in [-0.3, -0.25) is 0 Å². The van der Waals surface area contributed by atoms with E-state index in [1.807, 2.05) is 25.1 Å². The number of aliphatic hydroxyl groups is 1. The van der Waals surface area contributed by atoms with Crippen LogP contribution in [0.25, 0.3) is 0 Å². The van der Waals surface area contributed by atoms with Gasteiger partial charge in [0, 0.05) is 18.8 Å². The van der Waals surface area contributed by atoms with Crippen molar-refractivity contribution in [2.45, 2.75) is 6.10 Å². The zero-order valence-corrected chi connectivity index (χ0v) is 10.7. The van der Waals surface area contributed by atoms with Crippen molar-refractivity contribution in [1.82, 2.24) is 4.90 Å². The minimum atomic E-state index is -0.445. The maximum atomic E-state index is 9.66. The van der Waals surface area contributed by atoms with Crippen molar-refractivity contribution in [3.63, 3.8) is 0 Å². The average Bonchev–Trinajstić information content (AvgIpc) is 2.25. The van der Waals surface area contributed by atoms with Gasteiger partial charge in [0.15, 0.2) is 0 Å². The van der Waals surface area contributed by atoms with Crippen molar-refractivity contribution < 1.29 is 5.11 Å². The summed E-state index contributed by atoms with van der Waals surface area (Å²) in [4.78, 5) is 1.91. The van der Waals surface area contributed by atoms with E-state index in [1.165, 1.54) is 0 Å². The van der Waals surface area contributed by atoms with Crippen LogP contribution in [0.1, 0.15) is 5.56 Å². The van der Waals surface area contributed by atoms with E-state index in [9.17, 15) is 5.11 Å². The predicted octanol–water partition coefficient (Wildman–Crippen LogP) is 1.55. The third-order valence-electron chi connectivity index (χ3n) is 2.21. The van der Waals surface area contributed by atoms with E-state index >= 15 is 0 Å². The van der Waals surface area contributed by atoms with Gasteiger partial charge in [0.25, 0.3) is 0 Å². The molecule has 0 spiro atoms. The molecule has 1 unspecified atom stereocenters. The molecule has 2 N–H and O–H groups in total. The number of hydrogen-bond donors (Lipinski definition) is 2. The Hall–Kier alpha value is -1.28. The second-order valence-electron chi connectivity index (χ2n) is 4.10. The Labute approximate surface area is 106 Å². The highest BCUT2D eigenvalue weighted by molar-refractivity contribution is 6.32. The van der Waals surface area contributed by atoms with E-state index in [1.54, 1.807) is 18.2 Å². The van der Waals surface area contributed by atoms with Gasteiger partial charge in [-0.25, -0.2) is 0 Å². The molecule has 1 aromatic rings. The predicted molar refractivity (Wildman–Crippen MR) is 69.2 cm³/mol. The molecule has 1 aromatic carbocycles. The average molecular weight is 254 g/mol. The Morgan fingerprint density at radius 2 is 2.24 bits per heavy atom. The molecule has 1 atom stereocenters. The second kappa shape index (κ2) is 6.45. The van der Waals surface area contributed by atoms with Crippen LogP contribution in [0.2, 0.25) is 5.02 Å². The van der Waals surface area contributed by atoms with Crippen molar-refractivity contribution in [2.24, 2.45) is 0 Å². The van der Waals surface area contributed by atoms with Gasteiger partial charge < -0.3 is 15.3 Å². The van der Waals surface area contributed by atoms with E-state index in [0.29, 0.717) is 23.7 Å². The summed E-state index contributed by atoms with van der Waals surface area (Å²) in [6.45, 7) is 1.04. The van der Waals surface area contributed by atoms with Gasteiger partial charge in [0.05, 0.1) is 16.7 Å². The molecule has 0 fully saturated rings. The first-order valence-electron chi connectivity index (χ1n) is 5.29. The molecule has 17 heavy (non-hydrogen) atoms. The Balaban J connectivity index is 2.53. The zero-order valence-electron chi connectivity index (χ0n) is 9.94. The van der Waals surface area contributed by atoms with Gasteiger partial charge >= 0.3 is 0 Å². The highest BCUT2D eigenvalue weighted by Crippen LogP contribution is 2.19. The number of nitriles is 1. The number of benzene rings is 1. The molecular formula is C12H16ClN3O. The lowest BCUT2D eigenvalue weighted by Crippen LogP contribution is -2.31. The molecule has 0 aliphatic carbocycles. The van der Waals surface area contributed by atoms with Crippen molar-refractivity contribution in [3.05, 3.63) is 28.8 Å². The number of halogens is 1. The van der Waals surface area contributed by atoms with Crippen LogP contribution in [0.5, 0.6) is 0 Å². The molecule has 0 aliphatic heterocycles. The van der Waals surface area contributed by atoms with E-state index in [-0.39, 0.29) is 0 Å². The normalized spacial score (nSPS) is 12.2. The smallest absolute Gasteiger partial charge is 0.101 e. The quantitative estimate of drug-likeness (QED) is 0.836. The van der Waals surface area contributed by atoms with Crippen LogP contribution in [-0.2, 0) is 0 Å². The molecule has 1 rings (SSSR count). The molecule has 92 valence electrons. The Bertz CT molecular complexity index is 415. The highest BCUT2D eigenvalue weighted by atomic mass is 35.5. The number of nitrogens with one attached hydrogen (secondary N) is 1. The molecule has 0 aliphatic rings. The van der Waals surface area contributed by atoms with Gasteiger partial charge in [-0.05, 0) is 32.3 Å². The lowest BCUT2D eigenvalue weighted by atomic mass is 10.2. The van der Waals surface area contributed by atoms with Gasteiger partial charge in [0.2, 0.25) is 0 Å². The van der Waals surface area contributed by atoms with Crippen molar-refractivity contribution in [1.29, 1.82) is 5.26 Å². The van der Waals surface area contributed by atoms with Crippen LogP contribution in [-0.4, -0.2) is 43.3 Å². The second-order valence-corrected chi connectivity index (χ2v) is 4.51. The van der Waals surface area contributed by atoms with Crippen LogP contribution in [0.15, 0.2) is 18.2 Å². The highest BCUT2D eigenvalue weighted by Gasteiger charge is 2.06. The SMILES string of the molecule is CN(C)CC(O)CNc1ccc(C#N)c(Cl)c1. The zero-order chi connectivity index (χ0) is 12.8. The maximum Gasteiger partial charge on any atom is 0.101 e. The summed E-state index contributed by atoms with van der Waals surface area (Å²) >= 11 is 5.90. The molecule has 0 aromatic heterocycles. The summed E-state index contributed by atoms with van der Waals surface area (Å²) in [5.74, 6) is 0. The molecule has 0 bridgehead atoms. The minimum Gasteiger partial charge on any atom is -0.390 e. The monoisotopic (exact) mass is 253 g/mol. The van der Waals surface area contributed by atoms with E-state index in [0.717, 1.165) is 5.69 Å². The first-order chi connectivity index (χ1) is 8.02. The molecule has 0 amide bonds. The van der Waals surface area contributed by atoms with Crippen molar-refractivity contribution in [2.75, 3.05) is 32.5 Å². The Morgan fingerprint density at radius 3 is 2.76 bits per heavy atom. The Kier molecular flexibility index (Phi) is 5.23. The lowest BCUT2D eigenvalue weighted by molar-refractivity contribution is 0.148. The molecule has 0 radical (unpaired) electrons. The van der Waals surface area contributed by atoms with Crippen LogP contribution >= 0.6 is 11.6 Å². The number of hydrogen-bond acceptors (Lipinski definition) is 4. The van der Waals surface area contributed by atoms with E-state index < -0.39 is 6.10 Å². The molecule has 4 nitrogen and oxygen atoms in total. The van der Waals surface area contributed by atoms with E-state index in [4.69, 9.17) is 16.9 Å². The summed E-state index contributed by atoms with van der Waals surface area (Å²) in [6.07, 6.45) is -0.445. The molecule has 0 saturated heterocycles. The van der Waals surface area contributed by atoms with Crippen molar-refractivity contribution >= 4 is 17.3 Å². The first-order valence-corrected chi connectivity index (χ1v) is 5.67. The Morgan fingerprint density at radius 1 is 1.53 bits per heavy atom. The van der Waals surface area contributed by atoms with E-state index in [2.05, 4.69) is 5.32 Å². The fourth-order valence-electron chi connectivity index (χ4n) is 1.44. The summed E-state index contributed by atoms with van der Waals surface area (Å²) < 4.78 is 0. The lowest BCUT2D eigenvalue weighted by Gasteiger charge is -2.17. The summed E-state index contributed by atoms with van der Waals surface area (Å²) in [6, 6.07) is 7.11. The summed E-state index contributed by atoms with van der Waals surface area (Å²) in [5, 5.41) is 21.9. The topological polar surface area (TPSA) is 59.3 Å². The third kappa shape index (κ3) is 4.61. The van der Waals surface area contributed by atoms with Crippen LogP contribution in [0.4, 0.5) is 5.69 Å². The fourth-order valence-corrected chi connectivity index (χ4v) is 1.66. The number of likely N-dealkylation sites (N-methyl/N-ethyl adjacent to an activating group) is 1. The summed E-state index contributed by atoms with van der Waals surface area (Å²) in [7, 11) is 3.81. The van der Waals surface area contributed by atoms with Gasteiger partial charge in [-0.1, -0.05) is 11.6 Å². The van der Waals surface area contributed by atoms with Gasteiger partial charge in [-0.15, -0.1) is 0 Å². The number of rotatable bonds is 5. The van der Waals surface area contributed by atoms with Crippen LogP contribution in [0, 0.1) is 11.3 Å². The van der Waals surface area contributed by atoms with Gasteiger partial charge in [0.1, 0.15) is 6.07 Å². The fraction of sp³-hybridized carbons (Fsp3) is 0.417. The largest absolute Gasteiger partial charge is 0.390 e. The molecular weight excluding hydrogens is 238 g/mol. The van der Waals surface area contributed by atoms with Crippen molar-refractivity contribution in [3.8, 4) is 6.07 Å². The standard InChI is InChI=1S/C12H16ClN3O/c1-16(2)8-11(17)7-15-10-4-3-9(6-14)12(13)5-10/h3-5,11,15,17H,7-8H2,1-2H3. The number of aliphatic hydroxyl groups excluding tert-OH is 1. The van der Waals surface area contributed by atoms with Crippen LogP contribution in [0.3, 0.4) is 0 Å². The molecule has 5 heteroatoms. The van der Waals surface area contributed by atoms with Gasteiger partial charge in [-0.2, -0.15) is 5.26 Å². The minimum absolute atomic E-state index is 0.416. The third-order valence-corrected chi connectivity index (χ3v) is 2.52. The summed E-state index contributed by atoms with van der Waals surface area (Å²) in [5.41, 5.74) is 1.25. The maximum absolute atomic E-state index is 9.66. The molecule has 0 saturated carbocycles. The first kappa shape index (κ1) is 13.8.